The van der Waals surface area contributed by atoms with E-state index in [1.165, 1.54) is 49.8 Å². The molecule has 1 nitrogen and oxygen atoms in total. The predicted molar refractivity (Wildman–Crippen MR) is 93.1 cm³/mol. The minimum Gasteiger partial charge on any atom is -0.303 e. The molecule has 2 aliphatic heterocycles. The zero-order valence-electron chi connectivity index (χ0n) is 13.5. The Morgan fingerprint density at radius 3 is 2.32 bits per heavy atom. The number of nitrogens with zero attached hydrogens (tertiary/aromatic N) is 1. The van der Waals surface area contributed by atoms with Crippen LogP contribution in [-0.2, 0) is 5.41 Å². The molecule has 2 saturated heterocycles. The normalized spacial score (nSPS) is 28.5. The summed E-state index contributed by atoms with van der Waals surface area (Å²) in [5.74, 6) is 0. The molecule has 1 heteroatoms. The number of hydrogen-bond donors (Lipinski definition) is 0. The molecule has 3 fully saturated rings. The van der Waals surface area contributed by atoms with Crippen molar-refractivity contribution in [3.63, 3.8) is 0 Å². The second-order valence-electron chi connectivity index (χ2n) is 7.22. The average molecular weight is 291 g/mol. The van der Waals surface area contributed by atoms with Crippen LogP contribution in [0, 0.1) is 0 Å². The van der Waals surface area contributed by atoms with Gasteiger partial charge in [-0.1, -0.05) is 61.0 Å². The van der Waals surface area contributed by atoms with Crippen LogP contribution >= 0.6 is 0 Å². The van der Waals surface area contributed by atoms with E-state index in [0.717, 1.165) is 6.04 Å². The molecule has 114 valence electrons. The van der Waals surface area contributed by atoms with Gasteiger partial charge in [0.05, 0.1) is 0 Å². The zero-order chi connectivity index (χ0) is 15.0. The summed E-state index contributed by atoms with van der Waals surface area (Å²) in [5, 5.41) is 0. The minimum atomic E-state index is 0.400. The monoisotopic (exact) mass is 291 g/mol. The second kappa shape index (κ2) is 5.55. The van der Waals surface area contributed by atoms with E-state index in [2.05, 4.69) is 66.5 Å². The van der Waals surface area contributed by atoms with Crippen LogP contribution in [0.1, 0.15) is 37.7 Å². The summed E-state index contributed by atoms with van der Waals surface area (Å²) in [6, 6.07) is 20.9. The number of hydrogen-bond acceptors (Lipinski definition) is 1. The van der Waals surface area contributed by atoms with Crippen LogP contribution in [0.4, 0.5) is 0 Å². The lowest BCUT2D eigenvalue weighted by Crippen LogP contribution is -2.46. The highest BCUT2D eigenvalue weighted by Crippen LogP contribution is 2.44. The van der Waals surface area contributed by atoms with Gasteiger partial charge in [-0.25, -0.2) is 0 Å². The Kier molecular flexibility index (Phi) is 3.54. The molecule has 2 unspecified atom stereocenters. The zero-order valence-corrected chi connectivity index (χ0v) is 13.5. The van der Waals surface area contributed by atoms with Crippen molar-refractivity contribution in [3.8, 4) is 11.1 Å². The van der Waals surface area contributed by atoms with Crippen LogP contribution < -0.4 is 0 Å². The molecule has 3 aliphatic rings. The molecule has 2 heterocycles. The van der Waals surface area contributed by atoms with E-state index in [4.69, 9.17) is 0 Å². The summed E-state index contributed by atoms with van der Waals surface area (Å²) >= 11 is 0. The molecule has 0 radical (unpaired) electrons. The highest BCUT2D eigenvalue weighted by atomic mass is 15.1. The van der Waals surface area contributed by atoms with E-state index in [0.29, 0.717) is 5.41 Å². The molecule has 2 aromatic rings. The fraction of sp³-hybridized carbons (Fsp3) is 0.429. The van der Waals surface area contributed by atoms with Gasteiger partial charge in [0.25, 0.3) is 0 Å². The highest BCUT2D eigenvalue weighted by molar-refractivity contribution is 5.63. The van der Waals surface area contributed by atoms with Gasteiger partial charge >= 0.3 is 0 Å². The Balaban J connectivity index is 1.65. The maximum Gasteiger partial charge on any atom is 0.00929 e. The fourth-order valence-electron chi connectivity index (χ4n) is 4.62. The maximum absolute atomic E-state index is 2.61. The number of rotatable bonds is 2. The number of piperidine rings is 1. The third kappa shape index (κ3) is 2.38. The van der Waals surface area contributed by atoms with Crippen molar-refractivity contribution in [3.05, 3.63) is 60.2 Å². The van der Waals surface area contributed by atoms with Crippen LogP contribution in [0.5, 0.6) is 0 Å². The lowest BCUT2D eigenvalue weighted by molar-refractivity contribution is 0.133. The van der Waals surface area contributed by atoms with Gasteiger partial charge in [0.2, 0.25) is 0 Å². The molecule has 2 aromatic carbocycles. The Bertz CT molecular complexity index is 627. The van der Waals surface area contributed by atoms with Crippen LogP contribution in [0.3, 0.4) is 0 Å². The molecule has 0 spiro atoms. The molecule has 0 amide bonds. The van der Waals surface area contributed by atoms with Crippen LogP contribution in [0.15, 0.2) is 54.6 Å². The number of fused-ring (bicyclic) bond motifs is 4. The fourth-order valence-corrected chi connectivity index (χ4v) is 4.62. The van der Waals surface area contributed by atoms with Gasteiger partial charge in [-0.15, -0.1) is 0 Å². The van der Waals surface area contributed by atoms with E-state index in [1.54, 1.807) is 5.56 Å². The SMILES string of the molecule is CN1CC2(c3ccc(-c4ccccc4)cc3)CCCC1CC2. The topological polar surface area (TPSA) is 3.24 Å². The van der Waals surface area contributed by atoms with Gasteiger partial charge in [0, 0.05) is 18.0 Å². The van der Waals surface area contributed by atoms with Crippen molar-refractivity contribution in [2.75, 3.05) is 13.6 Å². The Morgan fingerprint density at radius 2 is 1.59 bits per heavy atom. The first-order valence-corrected chi connectivity index (χ1v) is 8.63. The van der Waals surface area contributed by atoms with Crippen molar-refractivity contribution in [1.82, 2.24) is 4.90 Å². The van der Waals surface area contributed by atoms with E-state index < -0.39 is 0 Å². The summed E-state index contributed by atoms with van der Waals surface area (Å²) in [7, 11) is 2.32. The Hall–Kier alpha value is -1.60. The minimum absolute atomic E-state index is 0.400. The van der Waals surface area contributed by atoms with Gasteiger partial charge in [-0.05, 0) is 49.4 Å². The van der Waals surface area contributed by atoms with Crippen molar-refractivity contribution in [2.45, 2.75) is 43.6 Å². The predicted octanol–water partition coefficient (Wildman–Crippen LogP) is 4.87. The largest absolute Gasteiger partial charge is 0.303 e. The van der Waals surface area contributed by atoms with Crippen molar-refractivity contribution < 1.29 is 0 Å². The van der Waals surface area contributed by atoms with Crippen LogP contribution in [-0.4, -0.2) is 24.5 Å². The highest BCUT2D eigenvalue weighted by Gasteiger charge is 2.41. The summed E-state index contributed by atoms with van der Waals surface area (Å²) < 4.78 is 0. The smallest absolute Gasteiger partial charge is 0.00929 e. The molecule has 2 atom stereocenters. The van der Waals surface area contributed by atoms with Gasteiger partial charge in [0.1, 0.15) is 0 Å². The van der Waals surface area contributed by atoms with Gasteiger partial charge in [-0.2, -0.15) is 0 Å². The van der Waals surface area contributed by atoms with E-state index in [1.807, 2.05) is 0 Å². The van der Waals surface area contributed by atoms with E-state index in [-0.39, 0.29) is 0 Å². The van der Waals surface area contributed by atoms with Crippen molar-refractivity contribution in [1.29, 1.82) is 0 Å². The summed E-state index contributed by atoms with van der Waals surface area (Å²) in [6.45, 7) is 1.24. The summed E-state index contributed by atoms with van der Waals surface area (Å²) in [5.41, 5.74) is 4.60. The molecule has 0 aromatic heterocycles. The van der Waals surface area contributed by atoms with Gasteiger partial charge < -0.3 is 4.90 Å². The number of benzene rings is 2. The lowest BCUT2D eigenvalue weighted by Gasteiger charge is -2.43. The summed E-state index contributed by atoms with van der Waals surface area (Å²) in [6.07, 6.45) is 6.87. The molecule has 1 aliphatic carbocycles. The summed E-state index contributed by atoms with van der Waals surface area (Å²) in [4.78, 5) is 2.61. The molecule has 1 saturated carbocycles. The lowest BCUT2D eigenvalue weighted by atomic mass is 9.72. The first-order chi connectivity index (χ1) is 10.8. The first-order valence-electron chi connectivity index (χ1n) is 8.63. The molecule has 0 N–H and O–H groups in total. The standard InChI is InChI=1S/C21H25N/c1-22-16-21(14-5-8-20(22)13-15-21)19-11-9-18(10-12-19)17-6-3-2-4-7-17/h2-4,6-7,9-12,20H,5,8,13-16H2,1H3. The van der Waals surface area contributed by atoms with Gasteiger partial charge in [0.15, 0.2) is 0 Å². The third-order valence-electron chi connectivity index (χ3n) is 5.93. The van der Waals surface area contributed by atoms with Gasteiger partial charge in [-0.3, -0.25) is 0 Å². The number of likely N-dealkylation sites (N-methyl/N-ethyl adjacent to an activating group) is 1. The molecule has 22 heavy (non-hydrogen) atoms. The molecular weight excluding hydrogens is 266 g/mol. The second-order valence-corrected chi connectivity index (χ2v) is 7.22. The first kappa shape index (κ1) is 14.0. The average Bonchev–Trinajstić information content (AvgIpc) is 2.88. The van der Waals surface area contributed by atoms with E-state index in [9.17, 15) is 0 Å². The third-order valence-corrected chi connectivity index (χ3v) is 5.93. The van der Waals surface area contributed by atoms with Crippen molar-refractivity contribution >= 4 is 0 Å². The Labute approximate surface area is 134 Å². The molecule has 5 rings (SSSR count). The van der Waals surface area contributed by atoms with E-state index >= 15 is 0 Å². The Morgan fingerprint density at radius 1 is 0.864 bits per heavy atom. The maximum atomic E-state index is 2.61. The van der Waals surface area contributed by atoms with Crippen molar-refractivity contribution in [2.24, 2.45) is 0 Å². The quantitative estimate of drug-likeness (QED) is 0.763. The van der Waals surface area contributed by atoms with Crippen LogP contribution in [0.2, 0.25) is 0 Å². The van der Waals surface area contributed by atoms with Crippen LogP contribution in [0.25, 0.3) is 11.1 Å². The molecule has 2 bridgehead atoms. The molecular formula is C21H25N.